The van der Waals surface area contributed by atoms with Crippen LogP contribution in [0, 0.1) is 0 Å². The summed E-state index contributed by atoms with van der Waals surface area (Å²) in [6.45, 7) is 4.68. The molecule has 0 radical (unpaired) electrons. The van der Waals surface area contributed by atoms with E-state index in [0.717, 1.165) is 11.1 Å². The molecule has 1 amide bonds. The van der Waals surface area contributed by atoms with E-state index in [1.807, 2.05) is 43.3 Å². The minimum Gasteiger partial charge on any atom is -0.490 e. The lowest BCUT2D eigenvalue weighted by Crippen LogP contribution is -2.23. The maximum atomic E-state index is 13.0. The number of rotatable bonds is 9. The highest BCUT2D eigenvalue weighted by Crippen LogP contribution is 2.40. The van der Waals surface area contributed by atoms with Gasteiger partial charge in [-0.15, -0.1) is 0 Å². The third-order valence-electron chi connectivity index (χ3n) is 5.57. The molecule has 1 saturated heterocycles. The molecule has 0 aliphatic carbocycles. The first-order valence-corrected chi connectivity index (χ1v) is 14.2. The van der Waals surface area contributed by atoms with E-state index in [-0.39, 0.29) is 18.5 Å². The molecule has 0 spiro atoms. The Morgan fingerprint density at radius 3 is 2.51 bits per heavy atom. The van der Waals surface area contributed by atoms with Gasteiger partial charge in [0.25, 0.3) is 5.91 Å². The first-order valence-electron chi connectivity index (χ1n) is 12.2. The van der Waals surface area contributed by atoms with Crippen LogP contribution in [0.15, 0.2) is 75.0 Å². The number of ether oxygens (including phenoxy) is 3. The second-order valence-electron chi connectivity index (χ2n) is 8.28. The number of aliphatic imine (C=N–C) groups is 1. The number of carbonyl (C=O) groups excluding carboxylic acids is 2. The first kappa shape index (κ1) is 28.7. The Labute approximate surface area is 244 Å². The van der Waals surface area contributed by atoms with Gasteiger partial charge in [-0.05, 0) is 95.6 Å². The number of amidine groups is 1. The van der Waals surface area contributed by atoms with E-state index < -0.39 is 0 Å². The predicted octanol–water partition coefficient (Wildman–Crippen LogP) is 7.49. The average molecular weight is 630 g/mol. The Hall–Kier alpha value is -3.27. The molecule has 0 atom stereocenters. The molecule has 1 heterocycles. The van der Waals surface area contributed by atoms with Crippen molar-refractivity contribution in [3.05, 3.63) is 91.8 Å². The van der Waals surface area contributed by atoms with Gasteiger partial charge in [-0.3, -0.25) is 9.69 Å². The van der Waals surface area contributed by atoms with Crippen LogP contribution in [0.25, 0.3) is 6.08 Å². The maximum Gasteiger partial charge on any atom is 0.338 e. The maximum absolute atomic E-state index is 13.0. The number of nitrogens with zero attached hydrogens (tertiary/aromatic N) is 2. The summed E-state index contributed by atoms with van der Waals surface area (Å²) in [5.74, 6) is 0.539. The van der Waals surface area contributed by atoms with Crippen molar-refractivity contribution in [1.29, 1.82) is 0 Å². The zero-order valence-electron chi connectivity index (χ0n) is 21.6. The summed E-state index contributed by atoms with van der Waals surface area (Å²) in [7, 11) is 1.68. The second kappa shape index (κ2) is 13.2. The number of hydrogen-bond donors (Lipinski definition) is 0. The zero-order chi connectivity index (χ0) is 27.9. The standard InChI is InChI=1S/C29H26BrClN2O5S/c1-4-36-24-15-18(14-22(30)26(24)38-17-20-8-6-7-9-23(20)31)16-25-27(34)33(3)29(39-25)32-21-12-10-19(11-13-21)28(35)37-5-2/h6-16H,4-5,17H2,1-3H3. The van der Waals surface area contributed by atoms with Crippen LogP contribution >= 0.6 is 39.3 Å². The van der Waals surface area contributed by atoms with Crippen LogP contribution in [0.1, 0.15) is 35.3 Å². The summed E-state index contributed by atoms with van der Waals surface area (Å²) in [5.41, 5.74) is 2.69. The number of likely N-dealkylation sites (N-methyl/N-ethyl adjacent to an activating group) is 1. The lowest BCUT2D eigenvalue weighted by molar-refractivity contribution is -0.121. The van der Waals surface area contributed by atoms with Crippen LogP contribution in [-0.2, 0) is 16.1 Å². The van der Waals surface area contributed by atoms with Crippen LogP contribution in [0.2, 0.25) is 5.02 Å². The minimum absolute atomic E-state index is 0.171. The normalized spacial score (nSPS) is 15.2. The Morgan fingerprint density at radius 2 is 1.82 bits per heavy atom. The number of halogens is 2. The van der Waals surface area contributed by atoms with Crippen LogP contribution in [-0.4, -0.2) is 42.2 Å². The summed E-state index contributed by atoms with van der Waals surface area (Å²) >= 11 is 11.1. The molecule has 4 rings (SSSR count). The Bertz CT molecular complexity index is 1440. The van der Waals surface area contributed by atoms with E-state index in [2.05, 4.69) is 20.9 Å². The minimum atomic E-state index is -0.387. The van der Waals surface area contributed by atoms with E-state index in [1.54, 1.807) is 44.3 Å². The summed E-state index contributed by atoms with van der Waals surface area (Å²) in [6.07, 6.45) is 1.79. The highest BCUT2D eigenvalue weighted by molar-refractivity contribution is 9.10. The number of thioether (sulfide) groups is 1. The third-order valence-corrected chi connectivity index (χ3v) is 7.58. The molecule has 1 aliphatic rings. The number of carbonyl (C=O) groups is 2. The van der Waals surface area contributed by atoms with Gasteiger partial charge in [-0.2, -0.15) is 0 Å². The van der Waals surface area contributed by atoms with E-state index in [9.17, 15) is 9.59 Å². The molecular weight excluding hydrogens is 604 g/mol. The van der Waals surface area contributed by atoms with Gasteiger partial charge >= 0.3 is 5.97 Å². The molecule has 3 aromatic carbocycles. The van der Waals surface area contributed by atoms with Gasteiger partial charge in [-0.25, -0.2) is 9.79 Å². The van der Waals surface area contributed by atoms with Crippen molar-refractivity contribution in [2.75, 3.05) is 20.3 Å². The fraction of sp³-hybridized carbons (Fsp3) is 0.207. The monoisotopic (exact) mass is 628 g/mol. The summed E-state index contributed by atoms with van der Waals surface area (Å²) in [5, 5.41) is 1.15. The molecule has 1 fully saturated rings. The number of benzene rings is 3. The van der Waals surface area contributed by atoms with Crippen molar-refractivity contribution in [3.63, 3.8) is 0 Å². The van der Waals surface area contributed by atoms with Crippen molar-refractivity contribution in [1.82, 2.24) is 4.90 Å². The van der Waals surface area contributed by atoms with Crippen LogP contribution in [0.5, 0.6) is 11.5 Å². The van der Waals surface area contributed by atoms with E-state index >= 15 is 0 Å². The van der Waals surface area contributed by atoms with Gasteiger partial charge in [0.15, 0.2) is 16.7 Å². The predicted molar refractivity (Wildman–Crippen MR) is 159 cm³/mol. The lowest BCUT2D eigenvalue weighted by Gasteiger charge is -2.15. The van der Waals surface area contributed by atoms with Gasteiger partial charge in [0.2, 0.25) is 0 Å². The van der Waals surface area contributed by atoms with Crippen LogP contribution in [0.4, 0.5) is 5.69 Å². The van der Waals surface area contributed by atoms with E-state index in [0.29, 0.717) is 55.5 Å². The smallest absolute Gasteiger partial charge is 0.338 e. The van der Waals surface area contributed by atoms with Crippen molar-refractivity contribution < 1.29 is 23.8 Å². The molecule has 0 bridgehead atoms. The molecule has 1 aliphatic heterocycles. The van der Waals surface area contributed by atoms with Gasteiger partial charge in [0.1, 0.15) is 6.61 Å². The largest absolute Gasteiger partial charge is 0.490 e. The van der Waals surface area contributed by atoms with Gasteiger partial charge < -0.3 is 14.2 Å². The summed E-state index contributed by atoms with van der Waals surface area (Å²) < 4.78 is 17.6. The second-order valence-corrected chi connectivity index (χ2v) is 10.6. The fourth-order valence-electron chi connectivity index (χ4n) is 3.64. The molecule has 0 saturated carbocycles. The quantitative estimate of drug-likeness (QED) is 0.180. The zero-order valence-corrected chi connectivity index (χ0v) is 24.7. The SMILES string of the molecule is CCOC(=O)c1ccc(N=C2SC(=Cc3cc(Br)c(OCc4ccccc4Cl)c(OCC)c3)C(=O)N2C)cc1. The topological polar surface area (TPSA) is 77.4 Å². The van der Waals surface area contributed by atoms with Gasteiger partial charge in [0, 0.05) is 17.6 Å². The van der Waals surface area contributed by atoms with E-state index in [4.69, 9.17) is 25.8 Å². The van der Waals surface area contributed by atoms with E-state index in [1.165, 1.54) is 16.7 Å². The fourth-order valence-corrected chi connectivity index (χ4v) is 5.39. The molecule has 202 valence electrons. The summed E-state index contributed by atoms with van der Waals surface area (Å²) in [4.78, 5) is 31.5. The highest BCUT2D eigenvalue weighted by atomic mass is 79.9. The van der Waals surface area contributed by atoms with Crippen molar-refractivity contribution >= 4 is 68.1 Å². The van der Waals surface area contributed by atoms with Crippen molar-refractivity contribution in [2.24, 2.45) is 4.99 Å². The lowest BCUT2D eigenvalue weighted by atomic mass is 10.1. The third kappa shape index (κ3) is 7.03. The summed E-state index contributed by atoms with van der Waals surface area (Å²) in [6, 6.07) is 17.9. The van der Waals surface area contributed by atoms with Gasteiger partial charge in [0.05, 0.1) is 33.8 Å². The molecule has 0 unspecified atom stereocenters. The number of hydrogen-bond acceptors (Lipinski definition) is 7. The van der Waals surface area contributed by atoms with Crippen molar-refractivity contribution in [3.8, 4) is 11.5 Å². The highest BCUT2D eigenvalue weighted by Gasteiger charge is 2.30. The Kier molecular flexibility index (Phi) is 9.72. The van der Waals surface area contributed by atoms with Crippen molar-refractivity contribution in [2.45, 2.75) is 20.5 Å². The number of esters is 1. The first-order chi connectivity index (χ1) is 18.8. The van der Waals surface area contributed by atoms with Gasteiger partial charge in [-0.1, -0.05) is 29.8 Å². The Morgan fingerprint density at radius 1 is 1.08 bits per heavy atom. The molecule has 0 N–H and O–H groups in total. The molecule has 0 aromatic heterocycles. The number of amides is 1. The molecule has 3 aromatic rings. The van der Waals surface area contributed by atoms with Crippen LogP contribution in [0.3, 0.4) is 0 Å². The average Bonchev–Trinajstić information content (AvgIpc) is 3.17. The van der Waals surface area contributed by atoms with Crippen LogP contribution < -0.4 is 9.47 Å². The molecular formula is C29H26BrClN2O5S. The Balaban J connectivity index is 1.55. The molecule has 10 heteroatoms. The molecule has 7 nitrogen and oxygen atoms in total. The molecule has 39 heavy (non-hydrogen) atoms.